The predicted octanol–water partition coefficient (Wildman–Crippen LogP) is 2.82. The highest BCUT2D eigenvalue weighted by Crippen LogP contribution is 2.13. The molecule has 5 heteroatoms. The van der Waals surface area contributed by atoms with Crippen LogP contribution in [0.25, 0.3) is 0 Å². The molecule has 3 N–H and O–H groups in total. The minimum Gasteiger partial charge on any atom is -0.351 e. The molecule has 0 saturated carbocycles. The van der Waals surface area contributed by atoms with Crippen LogP contribution >= 0.6 is 24.2 Å². The van der Waals surface area contributed by atoms with Gasteiger partial charge in [0.15, 0.2) is 0 Å². The second kappa shape index (κ2) is 12.1. The third kappa shape index (κ3) is 10.0. The van der Waals surface area contributed by atoms with Crippen molar-refractivity contribution >= 4 is 30.1 Å². The third-order valence-electron chi connectivity index (χ3n) is 2.62. The van der Waals surface area contributed by atoms with E-state index in [-0.39, 0.29) is 29.6 Å². The normalized spacial score (nSPS) is 13.9. The number of nitrogens with two attached hydrogens (primary N) is 1. The Morgan fingerprint density at radius 3 is 2.39 bits per heavy atom. The predicted molar refractivity (Wildman–Crippen MR) is 84.5 cm³/mol. The molecule has 0 aliphatic heterocycles. The largest absolute Gasteiger partial charge is 0.351 e. The molecule has 2 atom stereocenters. The van der Waals surface area contributed by atoms with Crippen molar-refractivity contribution in [3.05, 3.63) is 0 Å². The van der Waals surface area contributed by atoms with Gasteiger partial charge in [0.05, 0.1) is 5.25 Å². The van der Waals surface area contributed by atoms with Gasteiger partial charge in [0.1, 0.15) is 0 Å². The molecule has 0 aromatic rings. The van der Waals surface area contributed by atoms with E-state index in [0.717, 1.165) is 12.2 Å². The number of nitrogens with one attached hydrogen (secondary N) is 1. The van der Waals surface area contributed by atoms with E-state index in [4.69, 9.17) is 5.73 Å². The summed E-state index contributed by atoms with van der Waals surface area (Å²) in [6.07, 6.45) is 3.31. The van der Waals surface area contributed by atoms with Crippen LogP contribution in [0.3, 0.4) is 0 Å². The molecule has 18 heavy (non-hydrogen) atoms. The quantitative estimate of drug-likeness (QED) is 0.643. The SMILES string of the molecule is CCCCSC(C)C(=O)NC(CN)CC(C)C.Cl. The van der Waals surface area contributed by atoms with Gasteiger partial charge in [-0.15, -0.1) is 24.2 Å². The van der Waals surface area contributed by atoms with Crippen LogP contribution in [0.1, 0.15) is 47.0 Å². The minimum absolute atomic E-state index is 0. The number of unbranched alkanes of at least 4 members (excludes halogenated alkanes) is 1. The molecule has 0 bridgehead atoms. The number of halogens is 1. The van der Waals surface area contributed by atoms with Gasteiger partial charge in [0.2, 0.25) is 5.91 Å². The Morgan fingerprint density at radius 2 is 1.94 bits per heavy atom. The van der Waals surface area contributed by atoms with Gasteiger partial charge in [-0.25, -0.2) is 0 Å². The summed E-state index contributed by atoms with van der Waals surface area (Å²) in [5.74, 6) is 1.75. The summed E-state index contributed by atoms with van der Waals surface area (Å²) in [7, 11) is 0. The molecule has 0 heterocycles. The van der Waals surface area contributed by atoms with E-state index in [2.05, 4.69) is 26.1 Å². The molecular weight excluding hydrogens is 268 g/mol. The van der Waals surface area contributed by atoms with Gasteiger partial charge in [-0.05, 0) is 31.4 Å². The van der Waals surface area contributed by atoms with Crippen molar-refractivity contribution in [3.63, 3.8) is 0 Å². The number of carbonyl (C=O) groups excluding carboxylic acids is 1. The molecule has 0 saturated heterocycles. The van der Waals surface area contributed by atoms with Crippen LogP contribution in [-0.2, 0) is 4.79 Å². The van der Waals surface area contributed by atoms with E-state index in [1.165, 1.54) is 12.8 Å². The first kappa shape index (κ1) is 20.4. The Bertz CT molecular complexity index is 215. The van der Waals surface area contributed by atoms with Gasteiger partial charge < -0.3 is 11.1 Å². The first-order valence-corrected chi connectivity index (χ1v) is 7.68. The molecule has 0 fully saturated rings. The summed E-state index contributed by atoms with van der Waals surface area (Å²) in [5.41, 5.74) is 5.67. The molecule has 0 aromatic carbocycles. The summed E-state index contributed by atoms with van der Waals surface area (Å²) in [6.45, 7) is 8.95. The van der Waals surface area contributed by atoms with Crippen LogP contribution in [0.15, 0.2) is 0 Å². The zero-order valence-corrected chi connectivity index (χ0v) is 13.7. The van der Waals surface area contributed by atoms with Crippen LogP contribution in [0.4, 0.5) is 0 Å². The van der Waals surface area contributed by atoms with E-state index in [0.29, 0.717) is 12.5 Å². The molecule has 2 unspecified atom stereocenters. The number of hydrogen-bond donors (Lipinski definition) is 2. The first-order chi connectivity index (χ1) is 8.01. The van der Waals surface area contributed by atoms with Gasteiger partial charge in [-0.1, -0.05) is 27.2 Å². The maximum atomic E-state index is 11.9. The number of amides is 1. The maximum absolute atomic E-state index is 11.9. The first-order valence-electron chi connectivity index (χ1n) is 6.63. The van der Waals surface area contributed by atoms with Crippen LogP contribution in [0.2, 0.25) is 0 Å². The molecule has 0 aliphatic carbocycles. The van der Waals surface area contributed by atoms with E-state index < -0.39 is 0 Å². The highest BCUT2D eigenvalue weighted by Gasteiger charge is 2.17. The molecular formula is C13H29ClN2OS. The molecule has 0 aliphatic rings. The van der Waals surface area contributed by atoms with E-state index in [9.17, 15) is 4.79 Å². The summed E-state index contributed by atoms with van der Waals surface area (Å²) >= 11 is 1.73. The standard InChI is InChI=1S/C13H28N2OS.ClH/c1-5-6-7-17-11(4)13(16)15-12(9-14)8-10(2)3;/h10-12H,5-9,14H2,1-4H3,(H,15,16);1H. The summed E-state index contributed by atoms with van der Waals surface area (Å²) in [5, 5.41) is 3.07. The minimum atomic E-state index is 0. The van der Waals surface area contributed by atoms with E-state index >= 15 is 0 Å². The zero-order chi connectivity index (χ0) is 13.3. The highest BCUT2D eigenvalue weighted by molar-refractivity contribution is 8.00. The molecule has 3 nitrogen and oxygen atoms in total. The lowest BCUT2D eigenvalue weighted by atomic mass is 10.0. The van der Waals surface area contributed by atoms with Crippen LogP contribution in [-0.4, -0.2) is 29.5 Å². The Labute approximate surface area is 122 Å². The molecule has 1 amide bonds. The lowest BCUT2D eigenvalue weighted by molar-refractivity contribution is -0.121. The molecule has 0 spiro atoms. The summed E-state index contributed by atoms with van der Waals surface area (Å²) in [6, 6.07) is 0.122. The maximum Gasteiger partial charge on any atom is 0.233 e. The summed E-state index contributed by atoms with van der Waals surface area (Å²) in [4.78, 5) is 11.9. The smallest absolute Gasteiger partial charge is 0.233 e. The highest BCUT2D eigenvalue weighted by atomic mass is 35.5. The fraction of sp³-hybridized carbons (Fsp3) is 0.923. The Hall–Kier alpha value is 0.0700. The second-order valence-electron chi connectivity index (χ2n) is 4.94. The number of carbonyl (C=O) groups is 1. The van der Waals surface area contributed by atoms with Gasteiger partial charge in [0.25, 0.3) is 0 Å². The Kier molecular flexibility index (Phi) is 13.7. The molecule has 0 rings (SSSR count). The average molecular weight is 297 g/mol. The van der Waals surface area contributed by atoms with Crippen molar-refractivity contribution in [1.82, 2.24) is 5.32 Å². The summed E-state index contributed by atoms with van der Waals surface area (Å²) < 4.78 is 0. The number of thioether (sulfide) groups is 1. The molecule has 0 radical (unpaired) electrons. The van der Waals surface area contributed by atoms with Crippen molar-refractivity contribution in [2.45, 2.75) is 58.2 Å². The molecule has 0 aromatic heterocycles. The van der Waals surface area contributed by atoms with Crippen molar-refractivity contribution in [1.29, 1.82) is 0 Å². The van der Waals surface area contributed by atoms with Gasteiger partial charge >= 0.3 is 0 Å². The van der Waals surface area contributed by atoms with Crippen molar-refractivity contribution < 1.29 is 4.79 Å². The second-order valence-corrected chi connectivity index (χ2v) is 6.39. The van der Waals surface area contributed by atoms with E-state index in [1.54, 1.807) is 11.8 Å². The lowest BCUT2D eigenvalue weighted by Crippen LogP contribution is -2.44. The third-order valence-corrected chi connectivity index (χ3v) is 3.86. The fourth-order valence-corrected chi connectivity index (χ4v) is 2.61. The average Bonchev–Trinajstić information content (AvgIpc) is 2.27. The van der Waals surface area contributed by atoms with Gasteiger partial charge in [0, 0.05) is 12.6 Å². The molecule has 110 valence electrons. The number of rotatable bonds is 9. The van der Waals surface area contributed by atoms with Gasteiger partial charge in [-0.3, -0.25) is 4.79 Å². The van der Waals surface area contributed by atoms with Crippen molar-refractivity contribution in [3.8, 4) is 0 Å². The van der Waals surface area contributed by atoms with Crippen LogP contribution in [0.5, 0.6) is 0 Å². The Balaban J connectivity index is 0. The van der Waals surface area contributed by atoms with Crippen LogP contribution in [0, 0.1) is 5.92 Å². The van der Waals surface area contributed by atoms with Crippen LogP contribution < -0.4 is 11.1 Å². The monoisotopic (exact) mass is 296 g/mol. The van der Waals surface area contributed by atoms with E-state index in [1.807, 2.05) is 6.92 Å². The topological polar surface area (TPSA) is 55.1 Å². The number of hydrogen-bond acceptors (Lipinski definition) is 3. The van der Waals surface area contributed by atoms with Crippen molar-refractivity contribution in [2.75, 3.05) is 12.3 Å². The van der Waals surface area contributed by atoms with Gasteiger partial charge in [-0.2, -0.15) is 0 Å². The zero-order valence-electron chi connectivity index (χ0n) is 12.1. The Morgan fingerprint density at radius 1 is 1.33 bits per heavy atom. The van der Waals surface area contributed by atoms with Crippen molar-refractivity contribution in [2.24, 2.45) is 11.7 Å². The lowest BCUT2D eigenvalue weighted by Gasteiger charge is -2.21. The fourth-order valence-electron chi connectivity index (χ4n) is 1.58.